The summed E-state index contributed by atoms with van der Waals surface area (Å²) in [5.41, 5.74) is -0.243. The Morgan fingerprint density at radius 1 is 1.17 bits per heavy atom. The molecule has 5 rings (SSSR count). The number of carbonyl (C=O) groups is 1. The Balaban J connectivity index is 0.00000120. The van der Waals surface area contributed by atoms with Crippen LogP contribution in [0.2, 0.25) is 5.02 Å². The molecule has 2 aliphatic heterocycles. The monoisotopic (exact) mass is 445 g/mol. The predicted octanol–water partition coefficient (Wildman–Crippen LogP) is 2.32. The molecule has 10 heteroatoms. The van der Waals surface area contributed by atoms with Crippen molar-refractivity contribution in [1.82, 2.24) is 9.47 Å². The van der Waals surface area contributed by atoms with Gasteiger partial charge in [0.15, 0.2) is 0 Å². The molecule has 2 saturated heterocycles. The van der Waals surface area contributed by atoms with Crippen molar-refractivity contribution in [3.63, 3.8) is 0 Å². The molecule has 0 radical (unpaired) electrons. The normalized spacial score (nSPS) is 22.9. The van der Waals surface area contributed by atoms with E-state index in [1.54, 1.807) is 4.57 Å². The molecule has 7 nitrogen and oxygen atoms in total. The Morgan fingerprint density at radius 3 is 2.55 bits per heavy atom. The van der Waals surface area contributed by atoms with Crippen LogP contribution in [0.5, 0.6) is 0 Å². The van der Waals surface area contributed by atoms with Gasteiger partial charge in [-0.05, 0) is 25.3 Å². The van der Waals surface area contributed by atoms with Crippen LogP contribution >= 0.6 is 24.0 Å². The average molecular weight is 446 g/mol. The van der Waals surface area contributed by atoms with E-state index in [2.05, 4.69) is 4.90 Å². The van der Waals surface area contributed by atoms with Crippen molar-refractivity contribution in [2.45, 2.75) is 31.3 Å². The van der Waals surface area contributed by atoms with E-state index in [9.17, 15) is 14.7 Å². The first-order chi connectivity index (χ1) is 13.0. The fourth-order valence-electron chi connectivity index (χ4n) is 4.48. The van der Waals surface area contributed by atoms with Gasteiger partial charge in [-0.1, -0.05) is 11.6 Å². The van der Waals surface area contributed by atoms with Crippen LogP contribution in [0.4, 0.5) is 10.1 Å². The van der Waals surface area contributed by atoms with Crippen LogP contribution in [0.3, 0.4) is 0 Å². The minimum absolute atomic E-state index is 0. The lowest BCUT2D eigenvalue weighted by Gasteiger charge is -2.37. The summed E-state index contributed by atoms with van der Waals surface area (Å²) in [7, 11) is 0. The van der Waals surface area contributed by atoms with E-state index in [0.29, 0.717) is 17.7 Å². The van der Waals surface area contributed by atoms with E-state index in [1.807, 2.05) is 4.90 Å². The summed E-state index contributed by atoms with van der Waals surface area (Å²) < 4.78 is 16.9. The quantitative estimate of drug-likeness (QED) is 0.781. The predicted molar refractivity (Wildman–Crippen MR) is 111 cm³/mol. The van der Waals surface area contributed by atoms with Gasteiger partial charge in [-0.15, -0.1) is 12.4 Å². The van der Waals surface area contributed by atoms with E-state index in [4.69, 9.17) is 11.6 Å². The first kappa shape index (κ1) is 21.8. The molecule has 0 amide bonds. The van der Waals surface area contributed by atoms with Gasteiger partial charge in [0.05, 0.1) is 21.6 Å². The molecule has 1 saturated carbocycles. The fourth-order valence-corrected chi connectivity index (χ4v) is 4.88. The second kappa shape index (κ2) is 7.75. The van der Waals surface area contributed by atoms with Crippen LogP contribution in [0.25, 0.3) is 10.9 Å². The molecular weight excluding hydrogens is 424 g/mol. The number of carboxylic acids is 1. The Labute approximate surface area is 177 Å². The van der Waals surface area contributed by atoms with Gasteiger partial charge in [0.25, 0.3) is 0 Å². The van der Waals surface area contributed by atoms with Crippen LogP contribution in [0.15, 0.2) is 17.1 Å². The van der Waals surface area contributed by atoms with Crippen LogP contribution < -0.4 is 10.3 Å². The summed E-state index contributed by atoms with van der Waals surface area (Å²) in [6.07, 6.45) is 4.11. The second-order valence-corrected chi connectivity index (χ2v) is 8.05. The zero-order chi connectivity index (χ0) is 18.9. The van der Waals surface area contributed by atoms with Crippen molar-refractivity contribution < 1.29 is 19.8 Å². The number of aromatic nitrogens is 1. The number of benzene rings is 1. The van der Waals surface area contributed by atoms with Crippen molar-refractivity contribution in [2.75, 3.05) is 31.1 Å². The minimum atomic E-state index is -1.31. The Hall–Kier alpha value is -1.87. The first-order valence-electron chi connectivity index (χ1n) is 9.25. The highest BCUT2D eigenvalue weighted by atomic mass is 35.5. The number of hydrogen-bond acceptors (Lipinski definition) is 4. The molecule has 3 heterocycles. The van der Waals surface area contributed by atoms with Crippen LogP contribution in [0.1, 0.15) is 35.7 Å². The maximum absolute atomic E-state index is 15.1. The summed E-state index contributed by atoms with van der Waals surface area (Å²) in [4.78, 5) is 28.5. The van der Waals surface area contributed by atoms with Crippen LogP contribution in [-0.2, 0) is 0 Å². The van der Waals surface area contributed by atoms with Gasteiger partial charge in [-0.2, -0.15) is 0 Å². The van der Waals surface area contributed by atoms with Gasteiger partial charge in [0.2, 0.25) is 5.43 Å². The Kier molecular flexibility index (Phi) is 5.84. The molecule has 2 aromatic rings. The maximum atomic E-state index is 15.1. The molecule has 2 unspecified atom stereocenters. The Morgan fingerprint density at radius 2 is 1.90 bits per heavy atom. The number of carboxylic acid groups (broad SMARTS) is 1. The molecule has 158 valence electrons. The third-order valence-corrected chi connectivity index (χ3v) is 6.35. The van der Waals surface area contributed by atoms with Crippen LogP contribution in [-0.4, -0.2) is 58.2 Å². The van der Waals surface area contributed by atoms with Gasteiger partial charge in [-0.3, -0.25) is 9.69 Å². The number of piperazine rings is 1. The molecule has 3 fully saturated rings. The van der Waals surface area contributed by atoms with Gasteiger partial charge in [-0.25, -0.2) is 9.18 Å². The van der Waals surface area contributed by atoms with Crippen molar-refractivity contribution in [3.05, 3.63) is 38.9 Å². The number of halogens is 3. The summed E-state index contributed by atoms with van der Waals surface area (Å²) in [5.74, 6) is -1.87. The van der Waals surface area contributed by atoms with Gasteiger partial charge < -0.3 is 20.0 Å². The van der Waals surface area contributed by atoms with Crippen molar-refractivity contribution >= 4 is 46.6 Å². The number of aromatic carboxylic acids is 1. The lowest BCUT2D eigenvalue weighted by atomic mass is 10.1. The average Bonchev–Trinajstić information content (AvgIpc) is 3.40. The van der Waals surface area contributed by atoms with Gasteiger partial charge in [0.1, 0.15) is 11.4 Å². The number of nitrogens with zero attached hydrogens (tertiary/aromatic N) is 3. The van der Waals surface area contributed by atoms with E-state index in [0.717, 1.165) is 38.9 Å². The number of fused-ring (bicyclic) bond motifs is 3. The summed E-state index contributed by atoms with van der Waals surface area (Å²) in [6.45, 7) is 3.44. The molecule has 3 N–H and O–H groups in total. The standard InChI is InChI=1S/C19H19ClFN3O3.ClH.H2O/c20-15-16-12(18(25)13(19(26)27)9-24(16)10-1-2-10)7-14(21)17(15)23-6-5-22-4-3-11(23)8-22;;/h7,9-11H,1-6,8H2,(H,26,27);1H;1H2. The minimum Gasteiger partial charge on any atom is -0.477 e. The van der Waals surface area contributed by atoms with Crippen molar-refractivity contribution in [1.29, 1.82) is 0 Å². The fraction of sp³-hybridized carbons (Fsp3) is 0.474. The highest BCUT2D eigenvalue weighted by Crippen LogP contribution is 2.43. The number of rotatable bonds is 3. The molecule has 2 atom stereocenters. The molecule has 1 aromatic carbocycles. The Bertz CT molecular complexity index is 1040. The molecule has 3 aliphatic rings. The highest BCUT2D eigenvalue weighted by molar-refractivity contribution is 6.38. The highest BCUT2D eigenvalue weighted by Gasteiger charge is 2.36. The van der Waals surface area contributed by atoms with E-state index in [-0.39, 0.29) is 45.9 Å². The van der Waals surface area contributed by atoms with E-state index >= 15 is 4.39 Å². The largest absolute Gasteiger partial charge is 0.477 e. The molecule has 29 heavy (non-hydrogen) atoms. The second-order valence-electron chi connectivity index (χ2n) is 7.67. The van der Waals surface area contributed by atoms with Crippen molar-refractivity contribution in [3.8, 4) is 0 Å². The molecule has 0 spiro atoms. The molecular formula is C19H22Cl2FN3O4. The lowest BCUT2D eigenvalue weighted by Crippen LogP contribution is -2.47. The third kappa shape index (κ3) is 3.38. The SMILES string of the molecule is Cl.O.O=C(O)c1cn(C2CC2)c2c(Cl)c(N3CCN4CCC3C4)c(F)cc2c1=O. The maximum Gasteiger partial charge on any atom is 0.341 e. The zero-order valence-corrected chi connectivity index (χ0v) is 17.1. The summed E-state index contributed by atoms with van der Waals surface area (Å²) in [6, 6.07) is 1.49. The third-order valence-electron chi connectivity index (χ3n) is 5.99. The number of pyridine rings is 1. The number of anilines is 1. The topological polar surface area (TPSA) is 97.3 Å². The molecule has 2 bridgehead atoms. The first-order valence-corrected chi connectivity index (χ1v) is 9.62. The smallest absolute Gasteiger partial charge is 0.341 e. The van der Waals surface area contributed by atoms with Gasteiger partial charge >= 0.3 is 5.97 Å². The molecule has 1 aliphatic carbocycles. The summed E-state index contributed by atoms with van der Waals surface area (Å²) in [5, 5.41) is 9.62. The zero-order valence-electron chi connectivity index (χ0n) is 15.5. The van der Waals surface area contributed by atoms with E-state index in [1.165, 1.54) is 12.3 Å². The molecule has 1 aromatic heterocycles. The van der Waals surface area contributed by atoms with Crippen LogP contribution in [0, 0.1) is 5.82 Å². The van der Waals surface area contributed by atoms with Gasteiger partial charge in [0, 0.05) is 44.5 Å². The van der Waals surface area contributed by atoms with E-state index < -0.39 is 17.2 Å². The summed E-state index contributed by atoms with van der Waals surface area (Å²) >= 11 is 6.69. The van der Waals surface area contributed by atoms with Crippen molar-refractivity contribution in [2.24, 2.45) is 0 Å². The number of hydrogen-bond donors (Lipinski definition) is 1. The lowest BCUT2D eigenvalue weighted by molar-refractivity contribution is 0.0695.